The Bertz CT molecular complexity index is 1120. The lowest BCUT2D eigenvalue weighted by Crippen LogP contribution is -2.48. The van der Waals surface area contributed by atoms with Crippen molar-refractivity contribution >= 4 is 29.9 Å². The highest BCUT2D eigenvalue weighted by molar-refractivity contribution is 6.80. The van der Waals surface area contributed by atoms with Gasteiger partial charge in [-0.2, -0.15) is 0 Å². The first-order chi connectivity index (χ1) is 16.3. The van der Waals surface area contributed by atoms with Crippen molar-refractivity contribution in [2.45, 2.75) is 71.8 Å². The molecule has 0 aliphatic rings. The van der Waals surface area contributed by atoms with Crippen LogP contribution >= 0.6 is 0 Å². The molecule has 0 saturated carbocycles. The van der Waals surface area contributed by atoms with Crippen LogP contribution in [-0.2, 0) is 6.42 Å². The first kappa shape index (κ1) is 24.8. The van der Waals surface area contributed by atoms with Crippen LogP contribution in [0.25, 0.3) is 21.8 Å². The van der Waals surface area contributed by atoms with Gasteiger partial charge in [0.1, 0.15) is 0 Å². The molecule has 1 atom stereocenters. The van der Waals surface area contributed by atoms with Gasteiger partial charge in [-0.1, -0.05) is 126 Å². The van der Waals surface area contributed by atoms with Crippen molar-refractivity contribution < 1.29 is 0 Å². The number of aromatic nitrogens is 1. The van der Waals surface area contributed by atoms with Gasteiger partial charge in [-0.15, -0.1) is 0 Å². The first-order valence-electron chi connectivity index (χ1n) is 13.3. The van der Waals surface area contributed by atoms with Crippen LogP contribution in [0.1, 0.15) is 52.8 Å². The molecule has 0 amide bonds. The van der Waals surface area contributed by atoms with E-state index >= 15 is 0 Å². The summed E-state index contributed by atoms with van der Waals surface area (Å²) in [4.78, 5) is 0. The van der Waals surface area contributed by atoms with Crippen LogP contribution in [0.15, 0.2) is 78.9 Å². The average Bonchev–Trinajstić information content (AvgIpc) is 3.11. The van der Waals surface area contributed by atoms with Crippen molar-refractivity contribution in [2.24, 2.45) is 17.8 Å². The monoisotopic (exact) mass is 469 g/mol. The number of fused-ring (bicyclic) bond motifs is 3. The quantitative estimate of drug-likeness (QED) is 0.204. The van der Waals surface area contributed by atoms with Gasteiger partial charge < -0.3 is 4.57 Å². The highest BCUT2D eigenvalue weighted by atomic mass is 28.3. The van der Waals surface area contributed by atoms with Crippen molar-refractivity contribution in [1.29, 1.82) is 0 Å². The minimum atomic E-state index is -1.77. The van der Waals surface area contributed by atoms with E-state index in [9.17, 15) is 0 Å². The lowest BCUT2D eigenvalue weighted by atomic mass is 10.1. The molecular weight excluding hydrogens is 426 g/mol. The SMILES string of the molecule is CC(C)C[Si](CC(C)C)(CC(C)C)C(Cc1ccccc1)n1c2ccccc2c2ccccc21. The molecule has 0 aliphatic carbocycles. The topological polar surface area (TPSA) is 4.93 Å². The molecule has 1 nitrogen and oxygen atoms in total. The molecule has 0 saturated heterocycles. The molecule has 34 heavy (non-hydrogen) atoms. The molecule has 0 bridgehead atoms. The van der Waals surface area contributed by atoms with Crippen LogP contribution in [0.5, 0.6) is 0 Å². The maximum atomic E-state index is 2.80. The standard InChI is InChI=1S/C32H43NSi/c1-24(2)21-34(22-25(3)4,23-26(5)6)32(20-27-14-8-7-9-15-27)33-30-18-12-10-16-28(30)29-17-11-13-19-31(29)33/h7-19,24-26,32H,20-23H2,1-6H3. The van der Waals surface area contributed by atoms with Gasteiger partial charge >= 0.3 is 0 Å². The van der Waals surface area contributed by atoms with Crippen LogP contribution in [0.2, 0.25) is 18.1 Å². The van der Waals surface area contributed by atoms with Gasteiger partial charge in [0.15, 0.2) is 0 Å². The molecule has 1 aromatic heterocycles. The number of rotatable bonds is 10. The van der Waals surface area contributed by atoms with Crippen LogP contribution in [0.4, 0.5) is 0 Å². The van der Waals surface area contributed by atoms with Gasteiger partial charge in [0.05, 0.1) is 8.07 Å². The number of hydrogen-bond donors (Lipinski definition) is 0. The molecule has 0 aliphatic heterocycles. The van der Waals surface area contributed by atoms with E-state index in [1.807, 2.05) is 0 Å². The second kappa shape index (κ2) is 10.5. The summed E-state index contributed by atoms with van der Waals surface area (Å²) in [5.41, 5.74) is 4.84. The Hall–Kier alpha value is -2.32. The Balaban J connectivity index is 2.04. The molecule has 2 heteroatoms. The van der Waals surface area contributed by atoms with E-state index < -0.39 is 8.07 Å². The van der Waals surface area contributed by atoms with Crippen molar-refractivity contribution in [2.75, 3.05) is 0 Å². The zero-order valence-electron chi connectivity index (χ0n) is 22.1. The number of benzene rings is 3. The Morgan fingerprint density at radius 1 is 0.559 bits per heavy atom. The third-order valence-corrected chi connectivity index (χ3v) is 14.1. The van der Waals surface area contributed by atoms with E-state index in [-0.39, 0.29) is 0 Å². The van der Waals surface area contributed by atoms with Crippen molar-refractivity contribution in [3.05, 3.63) is 84.4 Å². The summed E-state index contributed by atoms with van der Waals surface area (Å²) in [5, 5.41) is 2.80. The predicted molar refractivity (Wildman–Crippen MR) is 153 cm³/mol. The summed E-state index contributed by atoms with van der Waals surface area (Å²) in [5.74, 6) is 2.15. The summed E-state index contributed by atoms with van der Waals surface area (Å²) in [6.07, 6.45) is 1.13. The lowest BCUT2D eigenvalue weighted by Gasteiger charge is -2.44. The van der Waals surface area contributed by atoms with Gasteiger partial charge in [0, 0.05) is 27.5 Å². The van der Waals surface area contributed by atoms with Crippen molar-refractivity contribution in [1.82, 2.24) is 4.57 Å². The lowest BCUT2D eigenvalue weighted by molar-refractivity contribution is 0.573. The molecule has 180 valence electrons. The molecule has 0 spiro atoms. The van der Waals surface area contributed by atoms with Gasteiger partial charge in [-0.05, 0) is 41.9 Å². The maximum absolute atomic E-state index is 2.80. The Labute approximate surface area is 208 Å². The second-order valence-electron chi connectivity index (χ2n) is 11.8. The molecule has 0 fully saturated rings. The van der Waals surface area contributed by atoms with Gasteiger partial charge in [0.2, 0.25) is 0 Å². The molecule has 3 aromatic carbocycles. The van der Waals surface area contributed by atoms with E-state index in [2.05, 4.69) is 125 Å². The molecule has 4 aromatic rings. The van der Waals surface area contributed by atoms with Crippen LogP contribution in [-0.4, -0.2) is 12.6 Å². The predicted octanol–water partition coefficient (Wildman–Crippen LogP) is 9.53. The average molecular weight is 470 g/mol. The zero-order valence-corrected chi connectivity index (χ0v) is 23.1. The number of hydrogen-bond acceptors (Lipinski definition) is 0. The minimum Gasteiger partial charge on any atom is -0.340 e. The van der Waals surface area contributed by atoms with E-state index in [0.717, 1.165) is 24.2 Å². The second-order valence-corrected chi connectivity index (χ2v) is 16.4. The van der Waals surface area contributed by atoms with E-state index in [0.29, 0.717) is 5.67 Å². The Kier molecular flexibility index (Phi) is 7.67. The molecule has 0 N–H and O–H groups in total. The molecule has 1 heterocycles. The van der Waals surface area contributed by atoms with Gasteiger partial charge in [-0.25, -0.2) is 0 Å². The number of nitrogens with zero attached hydrogens (tertiary/aromatic N) is 1. The fourth-order valence-corrected chi connectivity index (χ4v) is 14.5. The Morgan fingerprint density at radius 3 is 1.41 bits per heavy atom. The smallest absolute Gasteiger partial charge is 0.0813 e. The Morgan fingerprint density at radius 2 is 0.971 bits per heavy atom. The summed E-state index contributed by atoms with van der Waals surface area (Å²) in [6, 6.07) is 33.7. The van der Waals surface area contributed by atoms with E-state index in [1.165, 1.54) is 45.5 Å². The zero-order chi connectivity index (χ0) is 24.3. The van der Waals surface area contributed by atoms with E-state index in [4.69, 9.17) is 0 Å². The first-order valence-corrected chi connectivity index (χ1v) is 16.0. The van der Waals surface area contributed by atoms with Gasteiger partial charge in [0.25, 0.3) is 0 Å². The third-order valence-electron chi connectivity index (χ3n) is 7.35. The van der Waals surface area contributed by atoms with Crippen LogP contribution < -0.4 is 0 Å². The molecule has 4 rings (SSSR count). The summed E-state index contributed by atoms with van der Waals surface area (Å²) >= 11 is 0. The largest absolute Gasteiger partial charge is 0.340 e. The third kappa shape index (κ3) is 5.17. The fourth-order valence-electron chi connectivity index (χ4n) is 6.80. The van der Waals surface area contributed by atoms with Gasteiger partial charge in [-0.3, -0.25) is 0 Å². The van der Waals surface area contributed by atoms with Crippen LogP contribution in [0.3, 0.4) is 0 Å². The fraction of sp³-hybridized carbons (Fsp3) is 0.438. The summed E-state index contributed by atoms with van der Waals surface area (Å²) < 4.78 is 2.80. The van der Waals surface area contributed by atoms with Crippen molar-refractivity contribution in [3.63, 3.8) is 0 Å². The normalized spacial score (nSPS) is 13.6. The molecule has 0 radical (unpaired) electrons. The highest BCUT2D eigenvalue weighted by Crippen LogP contribution is 2.45. The van der Waals surface area contributed by atoms with E-state index in [1.54, 1.807) is 0 Å². The highest BCUT2D eigenvalue weighted by Gasteiger charge is 2.44. The maximum Gasteiger partial charge on any atom is 0.0813 e. The molecule has 1 unspecified atom stereocenters. The summed E-state index contributed by atoms with van der Waals surface area (Å²) in [7, 11) is -1.77. The van der Waals surface area contributed by atoms with Crippen molar-refractivity contribution in [3.8, 4) is 0 Å². The van der Waals surface area contributed by atoms with Crippen LogP contribution in [0, 0.1) is 17.8 Å². The molecular formula is C32H43NSi. The minimum absolute atomic E-state index is 0.534. The summed E-state index contributed by atoms with van der Waals surface area (Å²) in [6.45, 7) is 14.7. The number of para-hydroxylation sites is 2.